The largest absolute Gasteiger partial charge is 0.357 e. The molecule has 0 aromatic heterocycles. The monoisotopic (exact) mass is 490 g/mol. The molecule has 0 saturated heterocycles. The molecule has 1 amide bonds. The van der Waals surface area contributed by atoms with E-state index < -0.39 is 6.04 Å². The van der Waals surface area contributed by atoms with Crippen molar-refractivity contribution in [2.75, 3.05) is 10.2 Å². The fourth-order valence-electron chi connectivity index (χ4n) is 5.01. The maximum absolute atomic E-state index is 13.8. The smallest absolute Gasteiger partial charge is 0.227 e. The molecule has 0 fully saturated rings. The number of carbonyl (C=O) groups is 2. The molecule has 4 nitrogen and oxygen atoms in total. The molecule has 5 rings (SSSR count). The highest BCUT2D eigenvalue weighted by molar-refractivity contribution is 6.35. The summed E-state index contributed by atoms with van der Waals surface area (Å²) in [5.41, 5.74) is 4.76. The van der Waals surface area contributed by atoms with Gasteiger partial charge in [0.05, 0.1) is 17.4 Å². The number of ketones is 1. The van der Waals surface area contributed by atoms with Gasteiger partial charge in [-0.1, -0.05) is 78.7 Å². The van der Waals surface area contributed by atoms with Gasteiger partial charge in [0.15, 0.2) is 5.78 Å². The number of anilines is 2. The molecular weight excluding hydrogens is 467 g/mol. The van der Waals surface area contributed by atoms with Gasteiger partial charge in [-0.25, -0.2) is 0 Å². The number of hydrogen-bond donors (Lipinski definition) is 1. The van der Waals surface area contributed by atoms with Crippen molar-refractivity contribution < 1.29 is 9.59 Å². The van der Waals surface area contributed by atoms with Gasteiger partial charge in [0.1, 0.15) is 0 Å². The van der Waals surface area contributed by atoms with Gasteiger partial charge in [0.25, 0.3) is 0 Å². The van der Waals surface area contributed by atoms with Crippen molar-refractivity contribution in [3.63, 3.8) is 0 Å². The van der Waals surface area contributed by atoms with E-state index >= 15 is 0 Å². The van der Waals surface area contributed by atoms with Crippen LogP contribution in [0.3, 0.4) is 0 Å². The summed E-state index contributed by atoms with van der Waals surface area (Å²) in [5, 5.41) is 4.46. The number of hydrogen-bond acceptors (Lipinski definition) is 3. The molecule has 3 aromatic rings. The number of allylic oxidation sites excluding steroid dienone is 1. The lowest BCUT2D eigenvalue weighted by molar-refractivity contribution is -0.119. The SMILES string of the molecule is CCC(=O)N1c2ccccc2NC2=C(C(=O)C[C@H](c3ccccc3)C2)[C@H]1c1ccc(Cl)cc1Cl. The van der Waals surface area contributed by atoms with Crippen LogP contribution in [0.2, 0.25) is 10.0 Å². The van der Waals surface area contributed by atoms with Gasteiger partial charge in [-0.3, -0.25) is 14.5 Å². The molecule has 0 radical (unpaired) electrons. The van der Waals surface area contributed by atoms with Crippen LogP contribution < -0.4 is 10.2 Å². The Hall–Kier alpha value is -3.08. The average molecular weight is 491 g/mol. The zero-order valence-corrected chi connectivity index (χ0v) is 20.2. The Balaban J connectivity index is 1.74. The van der Waals surface area contributed by atoms with Crippen molar-refractivity contribution >= 4 is 46.3 Å². The maximum Gasteiger partial charge on any atom is 0.227 e. The molecule has 1 N–H and O–H groups in total. The number of rotatable bonds is 3. The van der Waals surface area contributed by atoms with Gasteiger partial charge in [-0.15, -0.1) is 0 Å². The molecule has 0 unspecified atom stereocenters. The summed E-state index contributed by atoms with van der Waals surface area (Å²) in [4.78, 5) is 29.0. The summed E-state index contributed by atoms with van der Waals surface area (Å²) >= 11 is 12.9. The number of fused-ring (bicyclic) bond motifs is 1. The molecule has 1 aliphatic heterocycles. The summed E-state index contributed by atoms with van der Waals surface area (Å²) in [6, 6.07) is 22.4. The number of para-hydroxylation sites is 2. The van der Waals surface area contributed by atoms with E-state index in [-0.39, 0.29) is 17.6 Å². The topological polar surface area (TPSA) is 49.4 Å². The highest BCUT2D eigenvalue weighted by Crippen LogP contribution is 2.48. The Bertz CT molecular complexity index is 1300. The first-order chi connectivity index (χ1) is 16.5. The van der Waals surface area contributed by atoms with E-state index in [1.807, 2.05) is 55.5 Å². The Morgan fingerprint density at radius 1 is 1.00 bits per heavy atom. The minimum absolute atomic E-state index is 0.0142. The predicted molar refractivity (Wildman–Crippen MR) is 137 cm³/mol. The molecule has 1 heterocycles. The van der Waals surface area contributed by atoms with Crippen LogP contribution in [-0.4, -0.2) is 11.7 Å². The zero-order chi connectivity index (χ0) is 23.8. The van der Waals surface area contributed by atoms with Crippen molar-refractivity contribution in [3.8, 4) is 0 Å². The predicted octanol–water partition coefficient (Wildman–Crippen LogP) is 7.30. The molecule has 0 spiro atoms. The molecular formula is C28H24Cl2N2O2. The normalized spacial score (nSPS) is 19.7. The quantitative estimate of drug-likeness (QED) is 0.418. The Morgan fingerprint density at radius 2 is 1.74 bits per heavy atom. The van der Waals surface area contributed by atoms with Crippen LogP contribution >= 0.6 is 23.2 Å². The molecule has 2 atom stereocenters. The number of amides is 1. The first-order valence-electron chi connectivity index (χ1n) is 11.4. The first kappa shape index (κ1) is 22.7. The van der Waals surface area contributed by atoms with Crippen molar-refractivity contribution in [1.29, 1.82) is 0 Å². The molecule has 1 aliphatic carbocycles. The third kappa shape index (κ3) is 4.02. The number of nitrogens with one attached hydrogen (secondary N) is 1. The van der Waals surface area contributed by atoms with Gasteiger partial charge in [-0.05, 0) is 47.7 Å². The van der Waals surface area contributed by atoms with Gasteiger partial charge in [-0.2, -0.15) is 0 Å². The van der Waals surface area contributed by atoms with Crippen molar-refractivity contribution in [1.82, 2.24) is 0 Å². The Labute approximate surface area is 209 Å². The van der Waals surface area contributed by atoms with Crippen LogP contribution in [0.4, 0.5) is 11.4 Å². The van der Waals surface area contributed by atoms with Crippen LogP contribution in [0.15, 0.2) is 84.1 Å². The molecule has 6 heteroatoms. The summed E-state index contributed by atoms with van der Waals surface area (Å²) in [6.45, 7) is 1.83. The fourth-order valence-corrected chi connectivity index (χ4v) is 5.53. The highest BCUT2D eigenvalue weighted by Gasteiger charge is 2.41. The average Bonchev–Trinajstić information content (AvgIpc) is 2.98. The fraction of sp³-hybridized carbons (Fsp3) is 0.214. The van der Waals surface area contributed by atoms with Crippen LogP contribution in [0.5, 0.6) is 0 Å². The van der Waals surface area contributed by atoms with Crippen molar-refractivity contribution in [2.24, 2.45) is 0 Å². The zero-order valence-electron chi connectivity index (χ0n) is 18.7. The number of Topliss-reactive ketones (excluding diaryl/α,β-unsaturated/α-hetero) is 1. The standard InChI is InChI=1S/C28H24Cl2N2O2/c1-2-26(34)32-24-11-7-6-10-22(24)31-23-14-18(17-8-4-3-5-9-17)15-25(33)27(23)28(32)20-13-12-19(29)16-21(20)30/h3-13,16,18,28,31H,2,14-15H2,1H3/t18-,28-/m1/s1. The Morgan fingerprint density at radius 3 is 2.47 bits per heavy atom. The summed E-state index contributed by atoms with van der Waals surface area (Å²) in [7, 11) is 0. The van der Waals surface area contributed by atoms with E-state index in [4.69, 9.17) is 23.2 Å². The summed E-state index contributed by atoms with van der Waals surface area (Å²) in [6.07, 6.45) is 1.32. The number of carbonyl (C=O) groups excluding carboxylic acids is 2. The van der Waals surface area contributed by atoms with E-state index in [1.54, 1.807) is 17.0 Å². The van der Waals surface area contributed by atoms with Gasteiger partial charge in [0.2, 0.25) is 5.91 Å². The lowest BCUT2D eigenvalue weighted by Crippen LogP contribution is -2.38. The van der Waals surface area contributed by atoms with E-state index in [0.717, 1.165) is 22.6 Å². The third-order valence-electron chi connectivity index (χ3n) is 6.59. The van der Waals surface area contributed by atoms with Gasteiger partial charge < -0.3 is 5.32 Å². The lowest BCUT2D eigenvalue weighted by Gasteiger charge is -2.35. The molecule has 172 valence electrons. The van der Waals surface area contributed by atoms with Gasteiger partial charge >= 0.3 is 0 Å². The maximum atomic E-state index is 13.8. The van der Waals surface area contributed by atoms with Crippen molar-refractivity contribution in [2.45, 2.75) is 38.1 Å². The lowest BCUT2D eigenvalue weighted by atomic mass is 9.78. The van der Waals surface area contributed by atoms with Crippen LogP contribution in [0.1, 0.15) is 49.3 Å². The minimum Gasteiger partial charge on any atom is -0.357 e. The second-order valence-corrected chi connectivity index (χ2v) is 9.50. The van der Waals surface area contributed by atoms with Gasteiger partial charge in [0, 0.05) is 34.2 Å². The number of benzene rings is 3. The minimum atomic E-state index is -0.646. The first-order valence-corrected chi connectivity index (χ1v) is 12.2. The molecule has 2 aliphatic rings. The van der Waals surface area contributed by atoms with E-state index in [1.165, 1.54) is 0 Å². The Kier molecular flexibility index (Phi) is 6.20. The van der Waals surface area contributed by atoms with E-state index in [0.29, 0.717) is 40.4 Å². The molecule has 0 bridgehead atoms. The molecule has 0 saturated carbocycles. The second kappa shape index (κ2) is 9.28. The number of nitrogens with zero attached hydrogens (tertiary/aromatic N) is 1. The third-order valence-corrected chi connectivity index (χ3v) is 7.15. The second-order valence-electron chi connectivity index (χ2n) is 8.66. The highest BCUT2D eigenvalue weighted by atomic mass is 35.5. The van der Waals surface area contributed by atoms with Crippen LogP contribution in [-0.2, 0) is 9.59 Å². The summed E-state index contributed by atoms with van der Waals surface area (Å²) < 4.78 is 0. The molecule has 3 aromatic carbocycles. The molecule has 34 heavy (non-hydrogen) atoms. The number of halogens is 2. The van der Waals surface area contributed by atoms with Crippen LogP contribution in [0.25, 0.3) is 0 Å². The van der Waals surface area contributed by atoms with E-state index in [9.17, 15) is 9.59 Å². The van der Waals surface area contributed by atoms with Crippen molar-refractivity contribution in [3.05, 3.63) is 105 Å². The van der Waals surface area contributed by atoms with Crippen LogP contribution in [0, 0.1) is 0 Å². The van der Waals surface area contributed by atoms with E-state index in [2.05, 4.69) is 17.4 Å². The summed E-state index contributed by atoms with van der Waals surface area (Å²) in [5.74, 6) is -0.0146.